The first kappa shape index (κ1) is 16.1. The number of hydrogen-bond donors (Lipinski definition) is 0. The summed E-state index contributed by atoms with van der Waals surface area (Å²) in [6, 6.07) is 3.16. The van der Waals surface area contributed by atoms with Crippen molar-refractivity contribution in [3.05, 3.63) is 56.0 Å². The van der Waals surface area contributed by atoms with Crippen LogP contribution < -0.4 is 5.56 Å². The van der Waals surface area contributed by atoms with Crippen LogP contribution in [0.5, 0.6) is 0 Å². The van der Waals surface area contributed by atoms with Crippen molar-refractivity contribution in [2.24, 2.45) is 0 Å². The van der Waals surface area contributed by atoms with Gasteiger partial charge in [-0.1, -0.05) is 25.4 Å². The summed E-state index contributed by atoms with van der Waals surface area (Å²) in [7, 11) is 0. The molecule has 114 valence electrons. The largest absolute Gasteiger partial charge is 0.285 e. The average molecular weight is 321 g/mol. The van der Waals surface area contributed by atoms with Crippen LogP contribution in [0.2, 0.25) is 5.15 Å². The summed E-state index contributed by atoms with van der Waals surface area (Å²) in [6.07, 6.45) is 2.54. The van der Waals surface area contributed by atoms with Gasteiger partial charge in [0.2, 0.25) is 0 Å². The molecule has 2 heterocycles. The maximum atomic E-state index is 13.4. The zero-order chi connectivity index (χ0) is 16.3. The third-order valence-electron chi connectivity index (χ3n) is 3.33. The fourth-order valence-corrected chi connectivity index (χ4v) is 2.36. The monoisotopic (exact) mass is 320 g/mol. The Kier molecular flexibility index (Phi) is 4.88. The number of halogens is 2. The van der Waals surface area contributed by atoms with Crippen molar-refractivity contribution in [3.8, 4) is 6.07 Å². The Bertz CT molecular complexity index is 810. The van der Waals surface area contributed by atoms with Gasteiger partial charge in [0.05, 0.1) is 12.2 Å². The molecule has 0 saturated carbocycles. The Hall–Kier alpha value is -2.26. The zero-order valence-electron chi connectivity index (χ0n) is 12.2. The van der Waals surface area contributed by atoms with Gasteiger partial charge in [-0.25, -0.2) is 14.1 Å². The molecular formula is C15H14ClFN4O. The molecule has 0 bridgehead atoms. The van der Waals surface area contributed by atoms with Gasteiger partial charge >= 0.3 is 0 Å². The van der Waals surface area contributed by atoms with Crippen molar-refractivity contribution in [1.29, 1.82) is 5.26 Å². The smallest absolute Gasteiger partial charge is 0.266 e. The summed E-state index contributed by atoms with van der Waals surface area (Å²) in [5, 5.41) is 13.3. The fourth-order valence-electron chi connectivity index (χ4n) is 2.26. The molecule has 2 aromatic heterocycles. The topological polar surface area (TPSA) is 71.6 Å². The Morgan fingerprint density at radius 2 is 2.14 bits per heavy atom. The molecule has 0 fully saturated rings. The van der Waals surface area contributed by atoms with E-state index in [1.165, 1.54) is 16.9 Å². The highest BCUT2D eigenvalue weighted by molar-refractivity contribution is 6.29. The van der Waals surface area contributed by atoms with Crippen LogP contribution in [0.15, 0.2) is 17.1 Å². The Morgan fingerprint density at radius 3 is 2.68 bits per heavy atom. The summed E-state index contributed by atoms with van der Waals surface area (Å²) in [6.45, 7) is 3.81. The minimum Gasteiger partial charge on any atom is -0.266 e. The standard InChI is InChI=1S/C15H14ClFN4O/c1-3-10-11(6-18)15(22)21(20-13(10)4-2)8-9-5-12(17)14(16)19-7-9/h5,7H,3-4,8H2,1-2H3. The number of pyridine rings is 1. The van der Waals surface area contributed by atoms with Crippen molar-refractivity contribution >= 4 is 11.6 Å². The minimum atomic E-state index is -0.659. The number of hydrogen-bond acceptors (Lipinski definition) is 4. The lowest BCUT2D eigenvalue weighted by molar-refractivity contribution is 0.593. The van der Waals surface area contributed by atoms with E-state index >= 15 is 0 Å². The van der Waals surface area contributed by atoms with Crippen LogP contribution in [0.4, 0.5) is 4.39 Å². The summed E-state index contributed by atoms with van der Waals surface area (Å²) in [5.41, 5.74) is 1.43. The van der Waals surface area contributed by atoms with Gasteiger partial charge in [0.1, 0.15) is 11.6 Å². The van der Waals surface area contributed by atoms with Gasteiger partial charge in [-0.05, 0) is 30.0 Å². The van der Waals surface area contributed by atoms with Crippen molar-refractivity contribution in [2.75, 3.05) is 0 Å². The molecular weight excluding hydrogens is 307 g/mol. The second-order valence-electron chi connectivity index (χ2n) is 4.70. The van der Waals surface area contributed by atoms with E-state index in [-0.39, 0.29) is 17.3 Å². The summed E-state index contributed by atoms with van der Waals surface area (Å²) in [5.74, 6) is -0.659. The van der Waals surface area contributed by atoms with E-state index in [0.29, 0.717) is 29.7 Å². The molecule has 0 aliphatic carbocycles. The molecule has 0 atom stereocenters. The maximum Gasteiger partial charge on any atom is 0.285 e. The molecule has 2 rings (SSSR count). The van der Waals surface area contributed by atoms with E-state index in [2.05, 4.69) is 10.1 Å². The maximum absolute atomic E-state index is 13.4. The highest BCUT2D eigenvalue weighted by atomic mass is 35.5. The molecule has 0 N–H and O–H groups in total. The van der Waals surface area contributed by atoms with Gasteiger partial charge < -0.3 is 0 Å². The quantitative estimate of drug-likeness (QED) is 0.811. The van der Waals surface area contributed by atoms with Crippen molar-refractivity contribution < 1.29 is 4.39 Å². The molecule has 7 heteroatoms. The summed E-state index contributed by atoms with van der Waals surface area (Å²) >= 11 is 5.54. The van der Waals surface area contributed by atoms with Crippen molar-refractivity contribution in [3.63, 3.8) is 0 Å². The number of aryl methyl sites for hydroxylation is 1. The summed E-state index contributed by atoms with van der Waals surface area (Å²) in [4.78, 5) is 16.0. The third kappa shape index (κ3) is 3.00. The second kappa shape index (κ2) is 6.67. The van der Waals surface area contributed by atoms with Crippen molar-refractivity contribution in [2.45, 2.75) is 33.2 Å². The van der Waals surface area contributed by atoms with E-state index in [4.69, 9.17) is 11.6 Å². The number of rotatable bonds is 4. The van der Waals surface area contributed by atoms with E-state index in [9.17, 15) is 14.4 Å². The van der Waals surface area contributed by atoms with E-state index in [1.807, 2.05) is 19.9 Å². The molecule has 0 aromatic carbocycles. The van der Waals surface area contributed by atoms with Gasteiger partial charge in [0.25, 0.3) is 5.56 Å². The molecule has 0 aliphatic rings. The van der Waals surface area contributed by atoms with Crippen molar-refractivity contribution in [1.82, 2.24) is 14.8 Å². The molecule has 2 aromatic rings. The SMILES string of the molecule is CCc1nn(Cc2cnc(Cl)c(F)c2)c(=O)c(C#N)c1CC. The molecule has 0 amide bonds. The first-order valence-electron chi connectivity index (χ1n) is 6.84. The lowest BCUT2D eigenvalue weighted by Gasteiger charge is -2.12. The highest BCUT2D eigenvalue weighted by Crippen LogP contribution is 2.14. The molecule has 0 radical (unpaired) electrons. The first-order chi connectivity index (χ1) is 10.5. The van der Waals surface area contributed by atoms with Crippen LogP contribution in [0, 0.1) is 17.1 Å². The molecule has 0 unspecified atom stereocenters. The Morgan fingerprint density at radius 1 is 1.41 bits per heavy atom. The molecule has 5 nitrogen and oxygen atoms in total. The van der Waals surface area contributed by atoms with Gasteiger partial charge in [-0.15, -0.1) is 0 Å². The highest BCUT2D eigenvalue weighted by Gasteiger charge is 2.15. The molecule has 0 saturated heterocycles. The Labute approximate surface area is 132 Å². The number of aromatic nitrogens is 3. The predicted molar refractivity (Wildman–Crippen MR) is 80.3 cm³/mol. The van der Waals surface area contributed by atoms with Crippen LogP contribution in [0.1, 0.15) is 36.2 Å². The van der Waals surface area contributed by atoms with Crippen LogP contribution in [0.3, 0.4) is 0 Å². The van der Waals surface area contributed by atoms with Crippen LogP contribution in [-0.2, 0) is 19.4 Å². The number of nitriles is 1. The minimum absolute atomic E-state index is 0.0333. The zero-order valence-corrected chi connectivity index (χ0v) is 13.0. The molecule has 0 spiro atoms. The lowest BCUT2D eigenvalue weighted by Crippen LogP contribution is -2.29. The first-order valence-corrected chi connectivity index (χ1v) is 7.22. The predicted octanol–water partition coefficient (Wildman–Crippen LogP) is 2.48. The van der Waals surface area contributed by atoms with Gasteiger partial charge in [0.15, 0.2) is 11.0 Å². The number of nitrogens with zero attached hydrogens (tertiary/aromatic N) is 4. The van der Waals surface area contributed by atoms with Crippen LogP contribution >= 0.6 is 11.6 Å². The third-order valence-corrected chi connectivity index (χ3v) is 3.60. The average Bonchev–Trinajstić information content (AvgIpc) is 2.52. The normalized spacial score (nSPS) is 10.5. The van der Waals surface area contributed by atoms with E-state index in [0.717, 1.165) is 0 Å². The van der Waals surface area contributed by atoms with Crippen LogP contribution in [0.25, 0.3) is 0 Å². The lowest BCUT2D eigenvalue weighted by atomic mass is 10.0. The van der Waals surface area contributed by atoms with Gasteiger partial charge in [-0.2, -0.15) is 10.4 Å². The summed E-state index contributed by atoms with van der Waals surface area (Å²) < 4.78 is 14.6. The van der Waals surface area contributed by atoms with E-state index < -0.39 is 11.4 Å². The second-order valence-corrected chi connectivity index (χ2v) is 5.06. The fraction of sp³-hybridized carbons (Fsp3) is 0.333. The Balaban J connectivity index is 2.54. The van der Waals surface area contributed by atoms with Gasteiger partial charge in [0, 0.05) is 6.20 Å². The van der Waals surface area contributed by atoms with Gasteiger partial charge in [-0.3, -0.25) is 4.79 Å². The van der Waals surface area contributed by atoms with Crippen LogP contribution in [-0.4, -0.2) is 14.8 Å². The molecule has 22 heavy (non-hydrogen) atoms. The van der Waals surface area contributed by atoms with E-state index in [1.54, 1.807) is 0 Å². The molecule has 0 aliphatic heterocycles.